The van der Waals surface area contributed by atoms with E-state index in [0.29, 0.717) is 5.82 Å². The predicted octanol–water partition coefficient (Wildman–Crippen LogP) is 2.53. The maximum Gasteiger partial charge on any atom is 0.258 e. The largest absolute Gasteiger partial charge is 0.381 e. The summed E-state index contributed by atoms with van der Waals surface area (Å²) in [5, 5.41) is 13.6. The Balaban J connectivity index is 2.30. The van der Waals surface area contributed by atoms with E-state index in [9.17, 15) is 5.11 Å². The lowest BCUT2D eigenvalue weighted by Gasteiger charge is -2.09. The molecular weight excluding hydrogens is 216 g/mol. The van der Waals surface area contributed by atoms with E-state index in [4.69, 9.17) is 4.52 Å². The summed E-state index contributed by atoms with van der Waals surface area (Å²) >= 11 is 0. The average Bonchev–Trinajstić information content (AvgIpc) is 2.78. The standard InChI is InChI=1S/C13H16N2O2/c1-4-9-5-7-10(8-6-9)11-14-12(17-15-11)13(2,3)16/h5-8,16H,4H2,1-3H3. The Kier molecular flexibility index (Phi) is 2.98. The minimum absolute atomic E-state index is 0.229. The highest BCUT2D eigenvalue weighted by molar-refractivity contribution is 5.54. The number of aryl methyl sites for hydroxylation is 1. The van der Waals surface area contributed by atoms with Crippen LogP contribution < -0.4 is 0 Å². The van der Waals surface area contributed by atoms with Crippen molar-refractivity contribution in [3.05, 3.63) is 35.7 Å². The Morgan fingerprint density at radius 3 is 2.35 bits per heavy atom. The molecule has 0 saturated carbocycles. The molecule has 0 aliphatic heterocycles. The lowest BCUT2D eigenvalue weighted by molar-refractivity contribution is 0.0420. The summed E-state index contributed by atoms with van der Waals surface area (Å²) in [7, 11) is 0. The number of nitrogens with zero attached hydrogens (tertiary/aromatic N) is 2. The summed E-state index contributed by atoms with van der Waals surface area (Å²) in [6.07, 6.45) is 1.00. The van der Waals surface area contributed by atoms with Gasteiger partial charge < -0.3 is 9.63 Å². The minimum Gasteiger partial charge on any atom is -0.381 e. The summed E-state index contributed by atoms with van der Waals surface area (Å²) < 4.78 is 5.03. The molecule has 0 atom stereocenters. The van der Waals surface area contributed by atoms with E-state index in [1.165, 1.54) is 5.56 Å². The lowest BCUT2D eigenvalue weighted by atomic mass is 10.1. The second-order valence-electron chi connectivity index (χ2n) is 4.53. The van der Waals surface area contributed by atoms with E-state index in [-0.39, 0.29) is 5.89 Å². The van der Waals surface area contributed by atoms with Crippen molar-refractivity contribution < 1.29 is 9.63 Å². The zero-order valence-corrected chi connectivity index (χ0v) is 10.3. The molecule has 17 heavy (non-hydrogen) atoms. The van der Waals surface area contributed by atoms with E-state index in [1.807, 2.05) is 24.3 Å². The molecule has 0 amide bonds. The normalized spacial score (nSPS) is 11.8. The molecule has 0 radical (unpaired) electrons. The number of rotatable bonds is 3. The molecule has 0 bridgehead atoms. The maximum absolute atomic E-state index is 9.74. The average molecular weight is 232 g/mol. The third-order valence-electron chi connectivity index (χ3n) is 2.57. The van der Waals surface area contributed by atoms with Crippen LogP contribution in [-0.4, -0.2) is 15.2 Å². The van der Waals surface area contributed by atoms with E-state index in [2.05, 4.69) is 17.1 Å². The molecule has 0 aliphatic rings. The third-order valence-corrected chi connectivity index (χ3v) is 2.57. The zero-order chi connectivity index (χ0) is 12.5. The number of aliphatic hydroxyl groups is 1. The first-order chi connectivity index (χ1) is 8.00. The van der Waals surface area contributed by atoms with Crippen LogP contribution in [0.2, 0.25) is 0 Å². The van der Waals surface area contributed by atoms with Gasteiger partial charge in [0, 0.05) is 5.56 Å². The van der Waals surface area contributed by atoms with Crippen molar-refractivity contribution in [3.63, 3.8) is 0 Å². The summed E-state index contributed by atoms with van der Waals surface area (Å²) in [4.78, 5) is 4.18. The highest BCUT2D eigenvalue weighted by atomic mass is 16.5. The second kappa shape index (κ2) is 4.30. The molecule has 0 fully saturated rings. The van der Waals surface area contributed by atoms with Crippen molar-refractivity contribution in [1.82, 2.24) is 10.1 Å². The number of aromatic nitrogens is 2. The highest BCUT2D eigenvalue weighted by Crippen LogP contribution is 2.22. The van der Waals surface area contributed by atoms with Gasteiger partial charge in [0.25, 0.3) is 5.89 Å². The second-order valence-corrected chi connectivity index (χ2v) is 4.53. The number of benzene rings is 1. The van der Waals surface area contributed by atoms with Gasteiger partial charge in [-0.25, -0.2) is 0 Å². The van der Waals surface area contributed by atoms with Crippen molar-refractivity contribution in [1.29, 1.82) is 0 Å². The topological polar surface area (TPSA) is 59.2 Å². The zero-order valence-electron chi connectivity index (χ0n) is 10.3. The molecule has 4 nitrogen and oxygen atoms in total. The van der Waals surface area contributed by atoms with Crippen molar-refractivity contribution >= 4 is 0 Å². The van der Waals surface area contributed by atoms with Gasteiger partial charge in [-0.1, -0.05) is 36.3 Å². The number of hydrogen-bond donors (Lipinski definition) is 1. The summed E-state index contributed by atoms with van der Waals surface area (Å²) in [5.74, 6) is 0.733. The smallest absolute Gasteiger partial charge is 0.258 e. The molecule has 0 spiro atoms. The quantitative estimate of drug-likeness (QED) is 0.883. The highest BCUT2D eigenvalue weighted by Gasteiger charge is 2.24. The Labute approximate surface area is 100 Å². The Bertz CT molecular complexity index is 495. The van der Waals surface area contributed by atoms with Crippen molar-refractivity contribution in [2.75, 3.05) is 0 Å². The van der Waals surface area contributed by atoms with Crippen LogP contribution in [0.5, 0.6) is 0 Å². The van der Waals surface area contributed by atoms with Crippen LogP contribution in [0.4, 0.5) is 0 Å². The molecule has 1 N–H and O–H groups in total. The molecule has 0 saturated heterocycles. The van der Waals surface area contributed by atoms with E-state index >= 15 is 0 Å². The van der Waals surface area contributed by atoms with Crippen LogP contribution >= 0.6 is 0 Å². The molecule has 1 aromatic carbocycles. The first kappa shape index (κ1) is 11.8. The van der Waals surface area contributed by atoms with Gasteiger partial charge >= 0.3 is 0 Å². The van der Waals surface area contributed by atoms with Crippen molar-refractivity contribution in [2.45, 2.75) is 32.8 Å². The van der Waals surface area contributed by atoms with Gasteiger partial charge in [-0.15, -0.1) is 0 Å². The molecule has 90 valence electrons. The van der Waals surface area contributed by atoms with E-state index in [0.717, 1.165) is 12.0 Å². The van der Waals surface area contributed by atoms with Gasteiger partial charge in [0.2, 0.25) is 5.82 Å². The monoisotopic (exact) mass is 232 g/mol. The van der Waals surface area contributed by atoms with Crippen LogP contribution in [0.25, 0.3) is 11.4 Å². The van der Waals surface area contributed by atoms with Crippen LogP contribution in [0.3, 0.4) is 0 Å². The van der Waals surface area contributed by atoms with Crippen LogP contribution in [0.15, 0.2) is 28.8 Å². The van der Waals surface area contributed by atoms with Gasteiger partial charge in [0.1, 0.15) is 5.60 Å². The molecule has 0 aliphatic carbocycles. The van der Waals surface area contributed by atoms with Crippen molar-refractivity contribution in [2.24, 2.45) is 0 Å². The number of hydrogen-bond acceptors (Lipinski definition) is 4. The fourth-order valence-electron chi connectivity index (χ4n) is 1.48. The molecule has 2 rings (SSSR count). The summed E-state index contributed by atoms with van der Waals surface area (Å²) in [6.45, 7) is 5.34. The molecule has 4 heteroatoms. The fraction of sp³-hybridized carbons (Fsp3) is 0.385. The van der Waals surface area contributed by atoms with Crippen LogP contribution in [0.1, 0.15) is 32.2 Å². The maximum atomic E-state index is 9.74. The van der Waals surface area contributed by atoms with Gasteiger partial charge in [-0.2, -0.15) is 4.98 Å². The third kappa shape index (κ3) is 2.53. The van der Waals surface area contributed by atoms with Crippen LogP contribution in [-0.2, 0) is 12.0 Å². The predicted molar refractivity (Wildman–Crippen MR) is 64.4 cm³/mol. The first-order valence-corrected chi connectivity index (χ1v) is 5.66. The minimum atomic E-state index is -1.10. The molecular formula is C13H16N2O2. The molecule has 1 aromatic heterocycles. The Hall–Kier alpha value is -1.68. The molecule has 1 heterocycles. The first-order valence-electron chi connectivity index (χ1n) is 5.66. The van der Waals surface area contributed by atoms with Crippen LogP contribution in [0, 0.1) is 0 Å². The Morgan fingerprint density at radius 2 is 1.88 bits per heavy atom. The van der Waals surface area contributed by atoms with Gasteiger partial charge in [0.15, 0.2) is 0 Å². The summed E-state index contributed by atoms with van der Waals surface area (Å²) in [6, 6.07) is 7.99. The molecule has 0 unspecified atom stereocenters. The Morgan fingerprint density at radius 1 is 1.24 bits per heavy atom. The molecule has 2 aromatic rings. The van der Waals surface area contributed by atoms with E-state index in [1.54, 1.807) is 13.8 Å². The lowest BCUT2D eigenvalue weighted by Crippen LogP contribution is -2.15. The van der Waals surface area contributed by atoms with Gasteiger partial charge in [0.05, 0.1) is 0 Å². The van der Waals surface area contributed by atoms with Gasteiger partial charge in [-0.05, 0) is 25.8 Å². The van der Waals surface area contributed by atoms with Gasteiger partial charge in [-0.3, -0.25) is 0 Å². The van der Waals surface area contributed by atoms with Crippen molar-refractivity contribution in [3.8, 4) is 11.4 Å². The van der Waals surface area contributed by atoms with E-state index < -0.39 is 5.60 Å². The summed E-state index contributed by atoms with van der Waals surface area (Å²) in [5.41, 5.74) is 1.05. The fourth-order valence-corrected chi connectivity index (χ4v) is 1.48. The SMILES string of the molecule is CCc1ccc(-c2noc(C(C)(C)O)n2)cc1.